The number of aliphatic hydroxyl groups excluding tert-OH is 1. The number of nitrogens with one attached hydrogen (secondary N) is 1. The molecular weight excluding hydrogens is 484 g/mol. The number of ether oxygens (including phenoxy) is 3. The maximum atomic E-state index is 13.4. The van der Waals surface area contributed by atoms with E-state index < -0.39 is 17.7 Å². The number of para-hydroxylation sites is 1. The highest BCUT2D eigenvalue weighted by Crippen LogP contribution is 2.42. The first-order valence-corrected chi connectivity index (χ1v) is 12.2. The van der Waals surface area contributed by atoms with Crippen LogP contribution in [0.5, 0.6) is 17.2 Å². The van der Waals surface area contributed by atoms with E-state index in [1.165, 1.54) is 19.1 Å². The van der Waals surface area contributed by atoms with Crippen LogP contribution in [0, 0.1) is 0 Å². The summed E-state index contributed by atoms with van der Waals surface area (Å²) in [6, 6.07) is 19.0. The standard InChI is InChI=1S/C30H28N2O6/c1-36-21-11-8-18(9-12-21)28(33)26-27(19-10-13-24(37-2)25(16-19)38-3)32(30(35)29(26)34)15-14-20-17-31-23-7-5-4-6-22(20)23/h4-13,16-17,27,31,33H,14-15H2,1-3H3/b28-26+. The number of fused-ring (bicyclic) bond motifs is 1. The van der Waals surface area contributed by atoms with Crippen LogP contribution in [0.1, 0.15) is 22.7 Å². The van der Waals surface area contributed by atoms with Crippen molar-refractivity contribution in [1.82, 2.24) is 9.88 Å². The second-order valence-electron chi connectivity index (χ2n) is 8.94. The molecule has 0 aliphatic carbocycles. The largest absolute Gasteiger partial charge is 0.507 e. The zero-order valence-corrected chi connectivity index (χ0v) is 21.4. The SMILES string of the molecule is COc1ccc(/C(O)=C2\C(=O)C(=O)N(CCc3c[nH]c4ccccc34)C2c2ccc(OC)c(OC)c2)cc1. The molecule has 2 heterocycles. The number of H-pyrrole nitrogens is 1. The van der Waals surface area contributed by atoms with Gasteiger partial charge >= 0.3 is 0 Å². The number of nitrogens with zero attached hydrogens (tertiary/aromatic N) is 1. The first-order chi connectivity index (χ1) is 18.5. The van der Waals surface area contributed by atoms with Gasteiger partial charge in [0.1, 0.15) is 11.5 Å². The summed E-state index contributed by atoms with van der Waals surface area (Å²) in [4.78, 5) is 31.5. The van der Waals surface area contributed by atoms with Crippen molar-refractivity contribution >= 4 is 28.4 Å². The van der Waals surface area contributed by atoms with Gasteiger partial charge in [0.2, 0.25) is 0 Å². The van der Waals surface area contributed by atoms with Gasteiger partial charge in [0, 0.05) is 29.2 Å². The summed E-state index contributed by atoms with van der Waals surface area (Å²) in [5.74, 6) is -0.0758. The fraction of sp³-hybridized carbons (Fsp3) is 0.200. The Bertz CT molecular complexity index is 1540. The maximum Gasteiger partial charge on any atom is 0.295 e. The quantitative estimate of drug-likeness (QED) is 0.199. The minimum atomic E-state index is -0.817. The number of carbonyl (C=O) groups is 2. The van der Waals surface area contributed by atoms with Crippen molar-refractivity contribution in [3.05, 3.63) is 95.2 Å². The van der Waals surface area contributed by atoms with E-state index in [1.54, 1.807) is 49.6 Å². The van der Waals surface area contributed by atoms with Crippen LogP contribution in [0.3, 0.4) is 0 Å². The molecule has 8 nitrogen and oxygen atoms in total. The van der Waals surface area contributed by atoms with Gasteiger partial charge in [-0.3, -0.25) is 9.59 Å². The molecule has 1 atom stereocenters. The Hall–Kier alpha value is -4.72. The van der Waals surface area contributed by atoms with Crippen molar-refractivity contribution in [2.45, 2.75) is 12.5 Å². The molecule has 0 spiro atoms. The molecule has 194 valence electrons. The van der Waals surface area contributed by atoms with E-state index in [0.717, 1.165) is 16.5 Å². The molecule has 1 fully saturated rings. The number of rotatable bonds is 8. The number of methoxy groups -OCH3 is 3. The van der Waals surface area contributed by atoms with Crippen molar-refractivity contribution < 1.29 is 28.9 Å². The van der Waals surface area contributed by atoms with E-state index in [0.29, 0.717) is 34.8 Å². The summed E-state index contributed by atoms with van der Waals surface area (Å²) in [6.45, 7) is 0.269. The second kappa shape index (κ2) is 10.3. The fourth-order valence-corrected chi connectivity index (χ4v) is 4.96. The van der Waals surface area contributed by atoms with E-state index in [2.05, 4.69) is 4.98 Å². The van der Waals surface area contributed by atoms with Crippen LogP contribution < -0.4 is 14.2 Å². The Morgan fingerprint density at radius 1 is 0.921 bits per heavy atom. The number of ketones is 1. The molecule has 1 aliphatic rings. The van der Waals surface area contributed by atoms with Gasteiger partial charge in [-0.1, -0.05) is 24.3 Å². The molecule has 4 aromatic rings. The number of benzene rings is 3. The van der Waals surface area contributed by atoms with E-state index in [9.17, 15) is 14.7 Å². The van der Waals surface area contributed by atoms with Crippen LogP contribution in [0.2, 0.25) is 0 Å². The van der Waals surface area contributed by atoms with Crippen LogP contribution >= 0.6 is 0 Å². The molecule has 1 aromatic heterocycles. The highest BCUT2D eigenvalue weighted by molar-refractivity contribution is 6.46. The number of aromatic nitrogens is 1. The Morgan fingerprint density at radius 2 is 1.66 bits per heavy atom. The normalized spacial score (nSPS) is 16.7. The molecule has 0 saturated carbocycles. The highest BCUT2D eigenvalue weighted by Gasteiger charge is 2.46. The number of aromatic amines is 1. The summed E-state index contributed by atoms with van der Waals surface area (Å²) in [5.41, 5.74) is 3.08. The fourth-order valence-electron chi connectivity index (χ4n) is 4.96. The second-order valence-corrected chi connectivity index (χ2v) is 8.94. The summed E-state index contributed by atoms with van der Waals surface area (Å²) in [7, 11) is 4.60. The van der Waals surface area contributed by atoms with Gasteiger partial charge in [0.25, 0.3) is 11.7 Å². The average molecular weight is 513 g/mol. The van der Waals surface area contributed by atoms with Crippen LogP contribution in [0.25, 0.3) is 16.7 Å². The van der Waals surface area contributed by atoms with Gasteiger partial charge < -0.3 is 29.2 Å². The predicted octanol–water partition coefficient (Wildman–Crippen LogP) is 4.86. The third kappa shape index (κ3) is 4.34. The van der Waals surface area contributed by atoms with E-state index in [4.69, 9.17) is 14.2 Å². The molecule has 8 heteroatoms. The van der Waals surface area contributed by atoms with Gasteiger partial charge in [-0.25, -0.2) is 0 Å². The van der Waals surface area contributed by atoms with Crippen molar-refractivity contribution in [3.8, 4) is 17.2 Å². The summed E-state index contributed by atoms with van der Waals surface area (Å²) < 4.78 is 16.1. The molecule has 0 radical (unpaired) electrons. The Balaban J connectivity index is 1.59. The molecule has 38 heavy (non-hydrogen) atoms. The first-order valence-electron chi connectivity index (χ1n) is 12.2. The van der Waals surface area contributed by atoms with Crippen molar-refractivity contribution in [2.75, 3.05) is 27.9 Å². The number of amides is 1. The maximum absolute atomic E-state index is 13.4. The van der Waals surface area contributed by atoms with Gasteiger partial charge in [-0.2, -0.15) is 0 Å². The molecular formula is C30H28N2O6. The number of carbonyl (C=O) groups excluding carboxylic acids is 2. The lowest BCUT2D eigenvalue weighted by Gasteiger charge is -2.26. The van der Waals surface area contributed by atoms with Crippen LogP contribution in [0.4, 0.5) is 0 Å². The Labute approximate surface area is 220 Å². The van der Waals surface area contributed by atoms with Gasteiger partial charge in [-0.05, 0) is 60.0 Å². The number of likely N-dealkylation sites (tertiary alicyclic amines) is 1. The zero-order valence-electron chi connectivity index (χ0n) is 21.4. The third-order valence-electron chi connectivity index (χ3n) is 6.92. The van der Waals surface area contributed by atoms with Gasteiger partial charge in [0.15, 0.2) is 11.5 Å². The van der Waals surface area contributed by atoms with Crippen molar-refractivity contribution in [1.29, 1.82) is 0 Å². The molecule has 1 unspecified atom stereocenters. The molecule has 1 saturated heterocycles. The monoisotopic (exact) mass is 512 g/mol. The van der Waals surface area contributed by atoms with Crippen LogP contribution in [-0.4, -0.2) is 54.6 Å². The third-order valence-corrected chi connectivity index (χ3v) is 6.92. The van der Waals surface area contributed by atoms with Crippen molar-refractivity contribution in [2.24, 2.45) is 0 Å². The molecule has 3 aromatic carbocycles. The Kier molecular flexibility index (Phi) is 6.79. The number of hydrogen-bond acceptors (Lipinski definition) is 6. The van der Waals surface area contributed by atoms with Crippen LogP contribution in [0.15, 0.2) is 78.5 Å². The average Bonchev–Trinajstić information content (AvgIpc) is 3.49. The summed E-state index contributed by atoms with van der Waals surface area (Å²) in [6.07, 6.45) is 2.44. The lowest BCUT2D eigenvalue weighted by molar-refractivity contribution is -0.139. The lowest BCUT2D eigenvalue weighted by atomic mass is 9.94. The van der Waals surface area contributed by atoms with Gasteiger partial charge in [-0.15, -0.1) is 0 Å². The van der Waals surface area contributed by atoms with Gasteiger partial charge in [0.05, 0.1) is 32.9 Å². The summed E-state index contributed by atoms with van der Waals surface area (Å²) in [5, 5.41) is 12.4. The van der Waals surface area contributed by atoms with E-state index in [1.807, 2.05) is 30.5 Å². The molecule has 2 N–H and O–H groups in total. The smallest absolute Gasteiger partial charge is 0.295 e. The minimum absolute atomic E-state index is 0.0197. The number of Topliss-reactive ketones (excluding diaryl/α,β-unsaturated/α-hetero) is 1. The topological polar surface area (TPSA) is 101 Å². The minimum Gasteiger partial charge on any atom is -0.507 e. The molecule has 5 rings (SSSR count). The lowest BCUT2D eigenvalue weighted by Crippen LogP contribution is -2.31. The van der Waals surface area contributed by atoms with E-state index in [-0.39, 0.29) is 17.9 Å². The first kappa shape index (κ1) is 25.0. The number of aliphatic hydroxyl groups is 1. The summed E-state index contributed by atoms with van der Waals surface area (Å²) >= 11 is 0. The molecule has 1 amide bonds. The zero-order chi connectivity index (χ0) is 26.8. The van der Waals surface area contributed by atoms with E-state index >= 15 is 0 Å². The number of hydrogen-bond donors (Lipinski definition) is 2. The van der Waals surface area contributed by atoms with Crippen molar-refractivity contribution in [3.63, 3.8) is 0 Å². The predicted molar refractivity (Wildman–Crippen MR) is 144 cm³/mol. The molecule has 1 aliphatic heterocycles. The highest BCUT2D eigenvalue weighted by atomic mass is 16.5. The van der Waals surface area contributed by atoms with Crippen LogP contribution in [-0.2, 0) is 16.0 Å². The Morgan fingerprint density at radius 3 is 2.37 bits per heavy atom. The molecule has 0 bridgehead atoms.